The molecular formula is C18H20N4O2. The number of nitrogens with one attached hydrogen (secondary N) is 2. The maximum Gasteiger partial charge on any atom is 0.259 e. The fourth-order valence-electron chi connectivity index (χ4n) is 3.39. The predicted molar refractivity (Wildman–Crippen MR) is 93.1 cm³/mol. The highest BCUT2D eigenvalue weighted by atomic mass is 16.3. The lowest BCUT2D eigenvalue weighted by Gasteiger charge is -2.30. The van der Waals surface area contributed by atoms with E-state index in [9.17, 15) is 9.90 Å². The van der Waals surface area contributed by atoms with E-state index in [-0.39, 0.29) is 11.6 Å². The number of piperidine rings is 1. The number of aromatic nitrogens is 3. The van der Waals surface area contributed by atoms with Crippen LogP contribution in [-0.4, -0.2) is 38.8 Å². The van der Waals surface area contributed by atoms with Crippen LogP contribution in [0.25, 0.3) is 22.3 Å². The molecule has 3 aromatic rings. The number of aromatic amines is 1. The van der Waals surface area contributed by atoms with Gasteiger partial charge in [-0.1, -0.05) is 11.6 Å². The molecule has 0 bridgehead atoms. The quantitative estimate of drug-likeness (QED) is 0.668. The summed E-state index contributed by atoms with van der Waals surface area (Å²) < 4.78 is 1.91. The fourth-order valence-corrected chi connectivity index (χ4v) is 3.39. The third kappa shape index (κ3) is 2.53. The molecule has 3 N–H and O–H groups in total. The predicted octanol–water partition coefficient (Wildman–Crippen LogP) is 1.60. The molecular weight excluding hydrogens is 304 g/mol. The Morgan fingerprint density at radius 1 is 1.33 bits per heavy atom. The van der Waals surface area contributed by atoms with Crippen molar-refractivity contribution in [1.82, 2.24) is 19.9 Å². The molecule has 1 aliphatic heterocycles. The lowest BCUT2D eigenvalue weighted by Crippen LogP contribution is -2.41. The van der Waals surface area contributed by atoms with Crippen molar-refractivity contribution < 1.29 is 5.11 Å². The van der Waals surface area contributed by atoms with Crippen molar-refractivity contribution in [2.75, 3.05) is 13.1 Å². The van der Waals surface area contributed by atoms with Gasteiger partial charge in [0.05, 0.1) is 17.7 Å². The van der Waals surface area contributed by atoms with Gasteiger partial charge >= 0.3 is 0 Å². The van der Waals surface area contributed by atoms with Crippen LogP contribution in [0.2, 0.25) is 0 Å². The Bertz CT molecular complexity index is 944. The zero-order chi connectivity index (χ0) is 16.7. The zero-order valence-corrected chi connectivity index (χ0v) is 13.5. The van der Waals surface area contributed by atoms with Crippen molar-refractivity contribution in [2.24, 2.45) is 0 Å². The van der Waals surface area contributed by atoms with Crippen molar-refractivity contribution in [3.05, 3.63) is 52.6 Å². The molecule has 1 fully saturated rings. The number of aryl methyl sites for hydroxylation is 1. The van der Waals surface area contributed by atoms with Crippen LogP contribution in [0, 0.1) is 6.92 Å². The molecule has 124 valence electrons. The van der Waals surface area contributed by atoms with Gasteiger partial charge in [-0.25, -0.2) is 4.98 Å². The Balaban J connectivity index is 1.85. The van der Waals surface area contributed by atoms with Gasteiger partial charge in [0, 0.05) is 24.5 Å². The largest absolute Gasteiger partial charge is 0.391 e. The van der Waals surface area contributed by atoms with E-state index in [1.807, 2.05) is 42.0 Å². The van der Waals surface area contributed by atoms with Gasteiger partial charge in [-0.2, -0.15) is 0 Å². The van der Waals surface area contributed by atoms with Gasteiger partial charge in [-0.3, -0.25) is 4.79 Å². The summed E-state index contributed by atoms with van der Waals surface area (Å²) >= 11 is 0. The summed E-state index contributed by atoms with van der Waals surface area (Å²) in [7, 11) is 0. The summed E-state index contributed by atoms with van der Waals surface area (Å²) in [6.07, 6.45) is 3.75. The van der Waals surface area contributed by atoms with Gasteiger partial charge in [0.25, 0.3) is 5.56 Å². The molecule has 0 radical (unpaired) electrons. The normalized spacial score (nSPS) is 21.2. The number of imidazole rings is 1. The highest BCUT2D eigenvalue weighted by Crippen LogP contribution is 2.25. The maximum absolute atomic E-state index is 12.5. The van der Waals surface area contributed by atoms with Crippen LogP contribution < -0.4 is 10.9 Å². The molecule has 4 rings (SSSR count). The van der Waals surface area contributed by atoms with Crippen molar-refractivity contribution in [2.45, 2.75) is 25.5 Å². The van der Waals surface area contributed by atoms with Crippen LogP contribution in [0.15, 0.2) is 41.5 Å². The van der Waals surface area contributed by atoms with E-state index < -0.39 is 6.10 Å². The molecule has 0 unspecified atom stereocenters. The lowest BCUT2D eigenvalue weighted by molar-refractivity contribution is 0.0850. The average Bonchev–Trinajstić information content (AvgIpc) is 3.04. The second-order valence-electron chi connectivity index (χ2n) is 6.39. The van der Waals surface area contributed by atoms with E-state index in [2.05, 4.69) is 15.3 Å². The van der Waals surface area contributed by atoms with Crippen LogP contribution in [0.3, 0.4) is 0 Å². The van der Waals surface area contributed by atoms with E-state index in [1.54, 1.807) is 6.20 Å². The molecule has 0 amide bonds. The molecule has 1 aromatic carbocycles. The van der Waals surface area contributed by atoms with E-state index >= 15 is 0 Å². The van der Waals surface area contributed by atoms with Crippen LogP contribution in [-0.2, 0) is 0 Å². The molecule has 6 heteroatoms. The highest BCUT2D eigenvalue weighted by molar-refractivity contribution is 5.83. The van der Waals surface area contributed by atoms with E-state index in [0.717, 1.165) is 23.0 Å². The number of aliphatic hydroxyl groups is 1. The van der Waals surface area contributed by atoms with E-state index in [0.29, 0.717) is 24.4 Å². The zero-order valence-electron chi connectivity index (χ0n) is 13.5. The van der Waals surface area contributed by atoms with Gasteiger partial charge in [-0.05, 0) is 43.5 Å². The summed E-state index contributed by atoms with van der Waals surface area (Å²) in [5, 5.41) is 14.6. The monoisotopic (exact) mass is 324 g/mol. The van der Waals surface area contributed by atoms with Crippen LogP contribution in [0.1, 0.15) is 18.0 Å². The smallest absolute Gasteiger partial charge is 0.259 e. The third-order valence-corrected chi connectivity index (χ3v) is 4.68. The SMILES string of the molecule is Cc1ccc2[nH]c(=O)c(-c3nccn3[C@@H]3CNCC[C@H]3O)cc2c1. The summed E-state index contributed by atoms with van der Waals surface area (Å²) in [5.74, 6) is 0.590. The first-order chi connectivity index (χ1) is 11.6. The average molecular weight is 324 g/mol. The Hall–Kier alpha value is -2.44. The van der Waals surface area contributed by atoms with Gasteiger partial charge in [0.2, 0.25) is 0 Å². The Morgan fingerprint density at radius 3 is 3.04 bits per heavy atom. The highest BCUT2D eigenvalue weighted by Gasteiger charge is 2.27. The Labute approximate surface area is 139 Å². The van der Waals surface area contributed by atoms with Crippen LogP contribution in [0.5, 0.6) is 0 Å². The van der Waals surface area contributed by atoms with Crippen molar-refractivity contribution in [3.63, 3.8) is 0 Å². The number of H-pyrrole nitrogens is 1. The molecule has 2 aromatic heterocycles. The second-order valence-corrected chi connectivity index (χ2v) is 6.39. The molecule has 24 heavy (non-hydrogen) atoms. The molecule has 3 heterocycles. The van der Waals surface area contributed by atoms with Crippen molar-refractivity contribution in [3.8, 4) is 11.4 Å². The number of pyridine rings is 1. The summed E-state index contributed by atoms with van der Waals surface area (Å²) in [6, 6.07) is 7.69. The Morgan fingerprint density at radius 2 is 2.21 bits per heavy atom. The minimum absolute atomic E-state index is 0.121. The van der Waals surface area contributed by atoms with Gasteiger partial charge in [0.15, 0.2) is 0 Å². The standard InChI is InChI=1S/C18H20N4O2/c1-11-2-3-14-12(8-11)9-13(18(24)21-14)17-20-6-7-22(17)15-10-19-5-4-16(15)23/h2-3,6-9,15-16,19,23H,4-5,10H2,1H3,(H,21,24)/t15-,16-/m1/s1. The first-order valence-corrected chi connectivity index (χ1v) is 8.19. The van der Waals surface area contributed by atoms with E-state index in [1.165, 1.54) is 0 Å². The number of fused-ring (bicyclic) bond motifs is 1. The molecule has 1 aliphatic rings. The third-order valence-electron chi connectivity index (χ3n) is 4.68. The summed E-state index contributed by atoms with van der Waals surface area (Å²) in [6.45, 7) is 3.49. The number of nitrogens with zero attached hydrogens (tertiary/aromatic N) is 2. The summed E-state index contributed by atoms with van der Waals surface area (Å²) in [5.41, 5.74) is 2.30. The van der Waals surface area contributed by atoms with Crippen LogP contribution >= 0.6 is 0 Å². The minimum Gasteiger partial charge on any atom is -0.391 e. The Kier molecular flexibility index (Phi) is 3.70. The fraction of sp³-hybridized carbons (Fsp3) is 0.333. The van der Waals surface area contributed by atoms with E-state index in [4.69, 9.17) is 0 Å². The first kappa shape index (κ1) is 15.1. The number of benzene rings is 1. The van der Waals surface area contributed by atoms with Gasteiger partial charge in [0.1, 0.15) is 5.82 Å². The van der Waals surface area contributed by atoms with Gasteiger partial charge in [-0.15, -0.1) is 0 Å². The maximum atomic E-state index is 12.5. The topological polar surface area (TPSA) is 82.9 Å². The number of aliphatic hydroxyl groups excluding tert-OH is 1. The number of rotatable bonds is 2. The molecule has 0 spiro atoms. The summed E-state index contributed by atoms with van der Waals surface area (Å²) in [4.78, 5) is 19.9. The lowest BCUT2D eigenvalue weighted by atomic mass is 10.0. The molecule has 1 saturated heterocycles. The molecule has 0 aliphatic carbocycles. The number of hydrogen-bond donors (Lipinski definition) is 3. The number of hydrogen-bond acceptors (Lipinski definition) is 4. The second kappa shape index (κ2) is 5.89. The van der Waals surface area contributed by atoms with Crippen LogP contribution in [0.4, 0.5) is 0 Å². The molecule has 0 saturated carbocycles. The first-order valence-electron chi connectivity index (χ1n) is 8.19. The molecule has 6 nitrogen and oxygen atoms in total. The molecule has 2 atom stereocenters. The minimum atomic E-state index is -0.444. The van der Waals surface area contributed by atoms with Gasteiger partial charge < -0.3 is 20.0 Å². The van der Waals surface area contributed by atoms with Crippen molar-refractivity contribution >= 4 is 10.9 Å². The van der Waals surface area contributed by atoms with Crippen molar-refractivity contribution in [1.29, 1.82) is 0 Å².